The molecule has 1 fully saturated rings. The maximum atomic E-state index is 14.1. The van der Waals surface area contributed by atoms with Gasteiger partial charge >= 0.3 is 0 Å². The Hall–Kier alpha value is -2.06. The number of rotatable bonds is 3. The van der Waals surface area contributed by atoms with Crippen molar-refractivity contribution in [2.75, 3.05) is 26.2 Å². The minimum atomic E-state index is -0.735. The number of hydrogen-bond acceptors (Lipinski definition) is 5. The Kier molecular flexibility index (Phi) is 4.49. The second kappa shape index (κ2) is 6.15. The summed E-state index contributed by atoms with van der Waals surface area (Å²) in [6, 6.07) is 2.08. The van der Waals surface area contributed by atoms with Gasteiger partial charge in [0.2, 0.25) is 0 Å². The monoisotopic (exact) mass is 297 g/mol. The van der Waals surface area contributed by atoms with Crippen molar-refractivity contribution in [2.24, 2.45) is 5.73 Å². The van der Waals surface area contributed by atoms with Crippen LogP contribution in [-0.4, -0.2) is 48.1 Å². The van der Waals surface area contributed by atoms with Gasteiger partial charge in [-0.3, -0.25) is 14.9 Å². The van der Waals surface area contributed by atoms with Crippen molar-refractivity contribution in [1.82, 2.24) is 4.90 Å². The number of carbonyl (C=O) groups excluding carboxylic acids is 1. The molecule has 1 heterocycles. The molecule has 1 unspecified atom stereocenters. The molecule has 2 N–H and O–H groups in total. The van der Waals surface area contributed by atoms with Gasteiger partial charge in [0, 0.05) is 31.8 Å². The SMILES string of the molecule is Cc1cc([N+](=O)[O-])cc(C(=O)N2CCOC(CN)C2)c1F. The van der Waals surface area contributed by atoms with Crippen LogP contribution < -0.4 is 5.73 Å². The quantitative estimate of drug-likeness (QED) is 0.658. The van der Waals surface area contributed by atoms with Gasteiger partial charge in [-0.2, -0.15) is 0 Å². The number of nitro benzene ring substituents is 1. The maximum Gasteiger partial charge on any atom is 0.270 e. The number of hydrogen-bond donors (Lipinski definition) is 1. The van der Waals surface area contributed by atoms with E-state index in [1.807, 2.05) is 0 Å². The van der Waals surface area contributed by atoms with E-state index in [-0.39, 0.29) is 36.0 Å². The summed E-state index contributed by atoms with van der Waals surface area (Å²) >= 11 is 0. The number of amides is 1. The van der Waals surface area contributed by atoms with Gasteiger partial charge in [0.25, 0.3) is 11.6 Å². The lowest BCUT2D eigenvalue weighted by Gasteiger charge is -2.32. The summed E-state index contributed by atoms with van der Waals surface area (Å²) in [7, 11) is 0. The molecular weight excluding hydrogens is 281 g/mol. The van der Waals surface area contributed by atoms with Crippen molar-refractivity contribution in [2.45, 2.75) is 13.0 Å². The number of nitrogens with two attached hydrogens (primary N) is 1. The van der Waals surface area contributed by atoms with Crippen LogP contribution >= 0.6 is 0 Å². The number of morpholine rings is 1. The van der Waals surface area contributed by atoms with E-state index in [1.165, 1.54) is 11.8 Å². The fourth-order valence-electron chi connectivity index (χ4n) is 2.23. The van der Waals surface area contributed by atoms with Crippen LogP contribution in [0.2, 0.25) is 0 Å². The zero-order valence-electron chi connectivity index (χ0n) is 11.5. The molecule has 0 saturated carbocycles. The van der Waals surface area contributed by atoms with Crippen LogP contribution in [0, 0.1) is 22.9 Å². The molecule has 1 aromatic carbocycles. The maximum absolute atomic E-state index is 14.1. The summed E-state index contributed by atoms with van der Waals surface area (Å²) < 4.78 is 19.4. The molecule has 1 amide bonds. The van der Waals surface area contributed by atoms with Gasteiger partial charge in [-0.05, 0) is 12.5 Å². The number of aryl methyl sites for hydroxylation is 1. The van der Waals surface area contributed by atoms with Crippen LogP contribution in [0.15, 0.2) is 12.1 Å². The largest absolute Gasteiger partial charge is 0.373 e. The molecule has 1 saturated heterocycles. The molecule has 1 aromatic rings. The Labute approximate surface area is 120 Å². The molecule has 7 nitrogen and oxygen atoms in total. The normalized spacial score (nSPS) is 18.6. The molecule has 0 radical (unpaired) electrons. The van der Waals surface area contributed by atoms with Gasteiger partial charge in [-0.25, -0.2) is 4.39 Å². The van der Waals surface area contributed by atoms with Gasteiger partial charge in [-0.1, -0.05) is 0 Å². The molecular formula is C13H16FN3O4. The number of carbonyl (C=O) groups is 1. The molecule has 1 atom stereocenters. The van der Waals surface area contributed by atoms with E-state index in [2.05, 4.69) is 0 Å². The number of benzene rings is 1. The van der Waals surface area contributed by atoms with Crippen LogP contribution in [0.4, 0.5) is 10.1 Å². The van der Waals surface area contributed by atoms with Crippen LogP contribution in [0.3, 0.4) is 0 Å². The first kappa shape index (κ1) is 15.3. The number of halogens is 1. The zero-order chi connectivity index (χ0) is 15.6. The number of nitro groups is 1. The average molecular weight is 297 g/mol. The number of nitrogens with zero attached hydrogens (tertiary/aromatic N) is 2. The lowest BCUT2D eigenvalue weighted by Crippen LogP contribution is -2.48. The van der Waals surface area contributed by atoms with Crippen LogP contribution in [0.1, 0.15) is 15.9 Å². The lowest BCUT2D eigenvalue weighted by molar-refractivity contribution is -0.385. The summed E-state index contributed by atoms with van der Waals surface area (Å²) in [6.07, 6.45) is -0.300. The third-order valence-corrected chi connectivity index (χ3v) is 3.37. The summed E-state index contributed by atoms with van der Waals surface area (Å²) in [4.78, 5) is 24.0. The highest BCUT2D eigenvalue weighted by molar-refractivity contribution is 5.95. The van der Waals surface area contributed by atoms with E-state index < -0.39 is 16.6 Å². The molecule has 0 bridgehead atoms. The number of ether oxygens (including phenoxy) is 1. The Bertz CT molecular complexity index is 579. The predicted octanol–water partition coefficient (Wildman–Crippen LogP) is 0.842. The lowest BCUT2D eigenvalue weighted by atomic mass is 10.1. The molecule has 2 rings (SSSR count). The second-order valence-corrected chi connectivity index (χ2v) is 4.86. The first-order valence-corrected chi connectivity index (χ1v) is 6.49. The standard InChI is InChI=1S/C13H16FN3O4/c1-8-4-9(17(19)20)5-11(12(8)14)13(18)16-2-3-21-10(6-15)7-16/h4-5,10H,2-3,6-7,15H2,1H3. The Morgan fingerprint density at radius 2 is 2.33 bits per heavy atom. The van der Waals surface area contributed by atoms with Crippen molar-refractivity contribution < 1.29 is 18.8 Å². The molecule has 114 valence electrons. The molecule has 1 aliphatic rings. The van der Waals surface area contributed by atoms with E-state index in [9.17, 15) is 19.3 Å². The highest BCUT2D eigenvalue weighted by Gasteiger charge is 2.28. The Balaban J connectivity index is 2.32. The average Bonchev–Trinajstić information content (AvgIpc) is 2.49. The van der Waals surface area contributed by atoms with Gasteiger partial charge in [0.15, 0.2) is 0 Å². The van der Waals surface area contributed by atoms with Gasteiger partial charge in [0.1, 0.15) is 5.82 Å². The summed E-state index contributed by atoms with van der Waals surface area (Å²) in [5.74, 6) is -1.32. The third-order valence-electron chi connectivity index (χ3n) is 3.37. The summed E-state index contributed by atoms with van der Waals surface area (Å²) in [5, 5.41) is 10.8. The van der Waals surface area contributed by atoms with Crippen molar-refractivity contribution in [1.29, 1.82) is 0 Å². The minimum Gasteiger partial charge on any atom is -0.373 e. The van der Waals surface area contributed by atoms with Crippen LogP contribution in [0.5, 0.6) is 0 Å². The molecule has 8 heteroatoms. The van der Waals surface area contributed by atoms with Crippen LogP contribution in [-0.2, 0) is 4.74 Å². The Morgan fingerprint density at radius 1 is 1.62 bits per heavy atom. The zero-order valence-corrected chi connectivity index (χ0v) is 11.5. The fraction of sp³-hybridized carbons (Fsp3) is 0.462. The third kappa shape index (κ3) is 3.17. The van der Waals surface area contributed by atoms with E-state index in [4.69, 9.17) is 10.5 Å². The molecule has 0 spiro atoms. The van der Waals surface area contributed by atoms with Crippen molar-refractivity contribution in [3.05, 3.63) is 39.2 Å². The van der Waals surface area contributed by atoms with E-state index in [0.717, 1.165) is 12.1 Å². The molecule has 21 heavy (non-hydrogen) atoms. The van der Waals surface area contributed by atoms with Crippen molar-refractivity contribution in [3.8, 4) is 0 Å². The van der Waals surface area contributed by atoms with Gasteiger partial charge in [0.05, 0.1) is 23.2 Å². The molecule has 0 aliphatic carbocycles. The van der Waals surface area contributed by atoms with Crippen LogP contribution in [0.25, 0.3) is 0 Å². The van der Waals surface area contributed by atoms with Crippen molar-refractivity contribution in [3.63, 3.8) is 0 Å². The van der Waals surface area contributed by atoms with E-state index in [1.54, 1.807) is 0 Å². The van der Waals surface area contributed by atoms with Gasteiger partial charge < -0.3 is 15.4 Å². The first-order chi connectivity index (χ1) is 9.93. The van der Waals surface area contributed by atoms with E-state index >= 15 is 0 Å². The van der Waals surface area contributed by atoms with Crippen molar-refractivity contribution >= 4 is 11.6 Å². The fourth-order valence-corrected chi connectivity index (χ4v) is 2.23. The van der Waals surface area contributed by atoms with E-state index in [0.29, 0.717) is 13.2 Å². The smallest absolute Gasteiger partial charge is 0.270 e. The Morgan fingerprint density at radius 3 is 2.95 bits per heavy atom. The first-order valence-electron chi connectivity index (χ1n) is 6.49. The molecule has 0 aromatic heterocycles. The molecule has 1 aliphatic heterocycles. The second-order valence-electron chi connectivity index (χ2n) is 4.86. The van der Waals surface area contributed by atoms with Gasteiger partial charge in [-0.15, -0.1) is 0 Å². The highest BCUT2D eigenvalue weighted by Crippen LogP contribution is 2.23. The summed E-state index contributed by atoms with van der Waals surface area (Å²) in [6.45, 7) is 2.50. The topological polar surface area (TPSA) is 98.7 Å². The minimum absolute atomic E-state index is 0.0659. The predicted molar refractivity (Wildman–Crippen MR) is 72.5 cm³/mol. The highest BCUT2D eigenvalue weighted by atomic mass is 19.1. The summed E-state index contributed by atoms with van der Waals surface area (Å²) in [5.41, 5.74) is 4.96. The number of non-ortho nitro benzene ring substituents is 1.